The maximum Gasteiger partial charge on any atom is 0.168 e. The highest BCUT2D eigenvalue weighted by molar-refractivity contribution is 7.19. The Balaban J connectivity index is 1.71. The van der Waals surface area contributed by atoms with Crippen molar-refractivity contribution in [1.82, 2.24) is 29.9 Å². The molecule has 6 rings (SSSR count). The van der Waals surface area contributed by atoms with Crippen LogP contribution in [0.3, 0.4) is 0 Å². The van der Waals surface area contributed by atoms with Gasteiger partial charge in [0.25, 0.3) is 0 Å². The smallest absolute Gasteiger partial charge is 0.168 e. The van der Waals surface area contributed by atoms with Crippen molar-refractivity contribution in [2.75, 3.05) is 0 Å². The molecule has 0 radical (unpaired) electrons. The van der Waals surface area contributed by atoms with E-state index in [1.54, 1.807) is 23.7 Å². The number of para-hydroxylation sites is 1. The van der Waals surface area contributed by atoms with Crippen LogP contribution in [0.1, 0.15) is 16.9 Å². The summed E-state index contributed by atoms with van der Waals surface area (Å²) in [7, 11) is 0. The van der Waals surface area contributed by atoms with Crippen molar-refractivity contribution in [3.05, 3.63) is 59.2 Å². The summed E-state index contributed by atoms with van der Waals surface area (Å²) in [5.41, 5.74) is 4.09. The lowest BCUT2D eigenvalue weighted by molar-refractivity contribution is 0.805. The second-order valence-electron chi connectivity index (χ2n) is 6.64. The molecule has 0 aliphatic heterocycles. The molecule has 5 aromatic rings. The molecule has 1 aliphatic carbocycles. The molecule has 0 bridgehead atoms. The van der Waals surface area contributed by atoms with Crippen LogP contribution >= 0.6 is 11.3 Å². The highest BCUT2D eigenvalue weighted by atomic mass is 32.1. The standard InChI is InChI=1S/C20H14N6S/c1-2-8-15-14(7-1)24-25-26(15)19-17-13-6-3-9-16(13)27-20(17)23-18(22-19)12-5-4-10-21-11-12/h1-2,4-5,7-8,10-11H,3,6,9H2. The third-order valence-corrected chi connectivity index (χ3v) is 6.20. The van der Waals surface area contributed by atoms with E-state index in [1.165, 1.54) is 16.9 Å². The number of rotatable bonds is 2. The van der Waals surface area contributed by atoms with Crippen LogP contribution in [0.2, 0.25) is 0 Å². The average Bonchev–Trinajstić information content (AvgIpc) is 3.42. The van der Waals surface area contributed by atoms with Gasteiger partial charge in [-0.2, -0.15) is 4.68 Å². The van der Waals surface area contributed by atoms with Gasteiger partial charge in [0.2, 0.25) is 0 Å². The van der Waals surface area contributed by atoms with Crippen molar-refractivity contribution in [2.24, 2.45) is 0 Å². The van der Waals surface area contributed by atoms with E-state index in [2.05, 4.69) is 15.3 Å². The minimum Gasteiger partial charge on any atom is -0.264 e. The molecule has 4 heterocycles. The van der Waals surface area contributed by atoms with Crippen molar-refractivity contribution in [1.29, 1.82) is 0 Å². The van der Waals surface area contributed by atoms with Gasteiger partial charge in [-0.25, -0.2) is 9.97 Å². The molecule has 27 heavy (non-hydrogen) atoms. The van der Waals surface area contributed by atoms with E-state index in [4.69, 9.17) is 9.97 Å². The lowest BCUT2D eigenvalue weighted by Crippen LogP contribution is -2.04. The van der Waals surface area contributed by atoms with Gasteiger partial charge in [-0.15, -0.1) is 16.4 Å². The van der Waals surface area contributed by atoms with Crippen LogP contribution in [-0.4, -0.2) is 29.9 Å². The molecule has 6 nitrogen and oxygen atoms in total. The zero-order valence-corrected chi connectivity index (χ0v) is 15.1. The largest absolute Gasteiger partial charge is 0.264 e. The van der Waals surface area contributed by atoms with Gasteiger partial charge in [-0.3, -0.25) is 4.98 Å². The predicted octanol–water partition coefficient (Wildman–Crippen LogP) is 3.98. The van der Waals surface area contributed by atoms with Crippen LogP contribution in [-0.2, 0) is 12.8 Å². The Morgan fingerprint density at radius 2 is 1.96 bits per heavy atom. The van der Waals surface area contributed by atoms with Crippen LogP contribution in [0.5, 0.6) is 0 Å². The summed E-state index contributed by atoms with van der Waals surface area (Å²) in [6, 6.07) is 11.9. The summed E-state index contributed by atoms with van der Waals surface area (Å²) in [6.07, 6.45) is 6.94. The molecule has 7 heteroatoms. The van der Waals surface area contributed by atoms with Gasteiger partial charge in [0.15, 0.2) is 11.6 Å². The molecule has 0 atom stereocenters. The maximum atomic E-state index is 4.93. The second kappa shape index (κ2) is 5.65. The third kappa shape index (κ3) is 2.21. The van der Waals surface area contributed by atoms with E-state index < -0.39 is 0 Å². The number of hydrogen-bond acceptors (Lipinski definition) is 6. The summed E-state index contributed by atoms with van der Waals surface area (Å²) in [5, 5.41) is 9.87. The van der Waals surface area contributed by atoms with Crippen LogP contribution in [0.15, 0.2) is 48.8 Å². The molecule has 4 aromatic heterocycles. The van der Waals surface area contributed by atoms with E-state index >= 15 is 0 Å². The molecule has 130 valence electrons. The summed E-state index contributed by atoms with van der Waals surface area (Å²) in [5.74, 6) is 1.48. The van der Waals surface area contributed by atoms with Crippen molar-refractivity contribution in [2.45, 2.75) is 19.3 Å². The highest BCUT2D eigenvalue weighted by Crippen LogP contribution is 2.40. The fourth-order valence-electron chi connectivity index (χ4n) is 3.78. The molecule has 0 spiro atoms. The lowest BCUT2D eigenvalue weighted by Gasteiger charge is -2.08. The maximum absolute atomic E-state index is 4.93. The van der Waals surface area contributed by atoms with Crippen LogP contribution < -0.4 is 0 Å². The number of nitrogens with zero attached hydrogens (tertiary/aromatic N) is 6. The second-order valence-corrected chi connectivity index (χ2v) is 7.72. The zero-order chi connectivity index (χ0) is 17.8. The molecule has 0 saturated carbocycles. The normalized spacial score (nSPS) is 13.5. The Labute approximate surface area is 158 Å². The van der Waals surface area contributed by atoms with Gasteiger partial charge in [0.1, 0.15) is 10.3 Å². The van der Waals surface area contributed by atoms with E-state index in [0.29, 0.717) is 5.82 Å². The minimum absolute atomic E-state index is 0.671. The Morgan fingerprint density at radius 3 is 2.89 bits per heavy atom. The Bertz CT molecular complexity index is 1300. The van der Waals surface area contributed by atoms with Crippen LogP contribution in [0.4, 0.5) is 0 Å². The van der Waals surface area contributed by atoms with Gasteiger partial charge in [-0.05, 0) is 49.1 Å². The SMILES string of the molecule is c1cncc(-c2nc(-n3nnc4ccccc43)c3c4c(sc3n2)CCC4)c1. The molecule has 0 fully saturated rings. The van der Waals surface area contributed by atoms with E-state index in [1.807, 2.05) is 41.1 Å². The fraction of sp³-hybridized carbons (Fsp3) is 0.150. The lowest BCUT2D eigenvalue weighted by atomic mass is 10.1. The highest BCUT2D eigenvalue weighted by Gasteiger charge is 2.24. The minimum atomic E-state index is 0.671. The van der Waals surface area contributed by atoms with Crippen molar-refractivity contribution >= 4 is 32.6 Å². The van der Waals surface area contributed by atoms with Gasteiger partial charge < -0.3 is 0 Å². The van der Waals surface area contributed by atoms with Crippen LogP contribution in [0, 0.1) is 0 Å². The average molecular weight is 370 g/mol. The van der Waals surface area contributed by atoms with E-state index in [9.17, 15) is 0 Å². The van der Waals surface area contributed by atoms with Gasteiger partial charge in [0.05, 0.1) is 10.9 Å². The number of thiophene rings is 1. The predicted molar refractivity (Wildman–Crippen MR) is 105 cm³/mol. The first kappa shape index (κ1) is 14.9. The third-order valence-electron chi connectivity index (χ3n) is 5.02. The number of hydrogen-bond donors (Lipinski definition) is 0. The molecular formula is C20H14N6S. The Kier molecular flexibility index (Phi) is 3.12. The Hall–Kier alpha value is -3.19. The molecule has 1 aromatic carbocycles. The van der Waals surface area contributed by atoms with Crippen molar-refractivity contribution in [3.63, 3.8) is 0 Å². The Morgan fingerprint density at radius 1 is 1.00 bits per heavy atom. The monoisotopic (exact) mass is 370 g/mol. The summed E-state index contributed by atoms with van der Waals surface area (Å²) >= 11 is 1.78. The number of fused-ring (bicyclic) bond motifs is 4. The number of aromatic nitrogens is 6. The van der Waals surface area contributed by atoms with Crippen molar-refractivity contribution in [3.8, 4) is 17.2 Å². The van der Waals surface area contributed by atoms with Crippen molar-refractivity contribution < 1.29 is 0 Å². The van der Waals surface area contributed by atoms with Gasteiger partial charge in [-0.1, -0.05) is 17.3 Å². The molecule has 0 unspecified atom stereocenters. The number of pyridine rings is 1. The first-order valence-corrected chi connectivity index (χ1v) is 9.73. The van der Waals surface area contributed by atoms with Gasteiger partial charge >= 0.3 is 0 Å². The first-order chi connectivity index (χ1) is 13.4. The fourth-order valence-corrected chi connectivity index (χ4v) is 5.04. The molecular weight excluding hydrogens is 356 g/mol. The summed E-state index contributed by atoms with van der Waals surface area (Å²) in [4.78, 5) is 16.5. The van der Waals surface area contributed by atoms with Crippen LogP contribution in [0.25, 0.3) is 38.5 Å². The molecule has 0 N–H and O–H groups in total. The number of aryl methyl sites for hydroxylation is 2. The molecule has 1 aliphatic rings. The van der Waals surface area contributed by atoms with E-state index in [0.717, 1.165) is 45.5 Å². The summed E-state index contributed by atoms with van der Waals surface area (Å²) in [6.45, 7) is 0. The first-order valence-electron chi connectivity index (χ1n) is 8.92. The van der Waals surface area contributed by atoms with Gasteiger partial charge in [0, 0.05) is 22.8 Å². The topological polar surface area (TPSA) is 69.4 Å². The van der Waals surface area contributed by atoms with E-state index in [-0.39, 0.29) is 0 Å². The quantitative estimate of drug-likeness (QED) is 0.470. The molecule has 0 amide bonds. The number of benzene rings is 1. The molecule has 0 saturated heterocycles. The summed E-state index contributed by atoms with van der Waals surface area (Å²) < 4.78 is 1.85. The zero-order valence-electron chi connectivity index (χ0n) is 14.3.